The lowest BCUT2D eigenvalue weighted by atomic mass is 10.1. The van der Waals surface area contributed by atoms with E-state index in [1.165, 1.54) is 24.7 Å². The van der Waals surface area contributed by atoms with E-state index in [4.69, 9.17) is 0 Å². The van der Waals surface area contributed by atoms with Gasteiger partial charge in [-0.1, -0.05) is 0 Å². The molecule has 0 radical (unpaired) electrons. The zero-order valence-corrected chi connectivity index (χ0v) is 16.4. The first kappa shape index (κ1) is 21.8. The van der Waals surface area contributed by atoms with Crippen molar-refractivity contribution in [3.8, 4) is 0 Å². The maximum atomic E-state index is 13.4. The molecule has 0 atom stereocenters. The quantitative estimate of drug-likeness (QED) is 0.581. The van der Waals surface area contributed by atoms with E-state index in [2.05, 4.69) is 25.3 Å². The van der Waals surface area contributed by atoms with Gasteiger partial charge >= 0.3 is 12.4 Å². The second-order valence-electron chi connectivity index (χ2n) is 7.06. The molecular formula is C20H16F6N6. The summed E-state index contributed by atoms with van der Waals surface area (Å²) in [5.74, 6) is 0.352. The number of halogens is 6. The Hall–Kier alpha value is -3.44. The molecule has 1 aliphatic heterocycles. The number of hydrogen-bond acceptors (Lipinski definition) is 6. The molecule has 0 fully saturated rings. The van der Waals surface area contributed by atoms with Gasteiger partial charge in [-0.2, -0.15) is 26.3 Å². The van der Waals surface area contributed by atoms with Crippen LogP contribution in [0.3, 0.4) is 0 Å². The Morgan fingerprint density at radius 2 is 1.62 bits per heavy atom. The molecule has 0 saturated heterocycles. The first-order valence-electron chi connectivity index (χ1n) is 9.53. The predicted molar refractivity (Wildman–Crippen MR) is 103 cm³/mol. The maximum absolute atomic E-state index is 13.4. The lowest BCUT2D eigenvalue weighted by Crippen LogP contribution is -2.29. The van der Waals surface area contributed by atoms with Gasteiger partial charge in [0.05, 0.1) is 16.8 Å². The van der Waals surface area contributed by atoms with Crippen molar-refractivity contribution < 1.29 is 26.3 Å². The fourth-order valence-electron chi connectivity index (χ4n) is 3.47. The Morgan fingerprint density at radius 1 is 0.844 bits per heavy atom. The van der Waals surface area contributed by atoms with E-state index in [0.717, 1.165) is 12.1 Å². The van der Waals surface area contributed by atoms with Crippen LogP contribution < -0.4 is 10.2 Å². The molecule has 0 unspecified atom stereocenters. The predicted octanol–water partition coefficient (Wildman–Crippen LogP) is 4.65. The highest BCUT2D eigenvalue weighted by atomic mass is 19.4. The van der Waals surface area contributed by atoms with E-state index < -0.39 is 23.5 Å². The zero-order chi connectivity index (χ0) is 22.9. The number of rotatable bonds is 3. The fourth-order valence-corrected chi connectivity index (χ4v) is 3.47. The van der Waals surface area contributed by atoms with Crippen molar-refractivity contribution in [3.63, 3.8) is 0 Å². The summed E-state index contributed by atoms with van der Waals surface area (Å²) in [6.07, 6.45) is -5.06. The average Bonchev–Trinajstić information content (AvgIpc) is 2.96. The monoisotopic (exact) mass is 454 g/mol. The number of hydrogen-bond donors (Lipinski definition) is 1. The smallest absolute Gasteiger partial charge is 0.355 e. The third kappa shape index (κ3) is 4.58. The van der Waals surface area contributed by atoms with Crippen LogP contribution in [0, 0.1) is 0 Å². The van der Waals surface area contributed by atoms with Gasteiger partial charge in [-0.15, -0.1) is 0 Å². The summed E-state index contributed by atoms with van der Waals surface area (Å²) in [6.45, 7) is 0.498. The highest BCUT2D eigenvalue weighted by Crippen LogP contribution is 2.36. The van der Waals surface area contributed by atoms with Crippen molar-refractivity contribution in [2.24, 2.45) is 0 Å². The van der Waals surface area contributed by atoms with E-state index in [1.54, 1.807) is 4.90 Å². The van der Waals surface area contributed by atoms with Crippen molar-refractivity contribution in [1.82, 2.24) is 19.9 Å². The molecule has 0 aromatic carbocycles. The number of fused-ring (bicyclic) bond motifs is 1. The summed E-state index contributed by atoms with van der Waals surface area (Å²) in [7, 11) is 0. The molecule has 0 spiro atoms. The van der Waals surface area contributed by atoms with Gasteiger partial charge in [0.1, 0.15) is 23.8 Å². The van der Waals surface area contributed by atoms with Gasteiger partial charge in [0.15, 0.2) is 0 Å². The molecule has 12 heteroatoms. The molecule has 3 aromatic rings. The first-order valence-corrected chi connectivity index (χ1v) is 9.53. The van der Waals surface area contributed by atoms with Gasteiger partial charge < -0.3 is 10.2 Å². The van der Waals surface area contributed by atoms with Gasteiger partial charge in [-0.3, -0.25) is 0 Å². The molecule has 0 saturated carbocycles. The van der Waals surface area contributed by atoms with Gasteiger partial charge in [-0.25, -0.2) is 19.9 Å². The van der Waals surface area contributed by atoms with Crippen LogP contribution in [0.25, 0.3) is 0 Å². The topological polar surface area (TPSA) is 66.8 Å². The van der Waals surface area contributed by atoms with E-state index in [-0.39, 0.29) is 24.7 Å². The van der Waals surface area contributed by atoms with E-state index in [1.807, 2.05) is 0 Å². The molecule has 1 N–H and O–H groups in total. The highest BCUT2D eigenvalue weighted by Gasteiger charge is 2.36. The summed E-state index contributed by atoms with van der Waals surface area (Å²) < 4.78 is 78.4. The summed E-state index contributed by atoms with van der Waals surface area (Å²) >= 11 is 0. The summed E-state index contributed by atoms with van der Waals surface area (Å²) in [5.41, 5.74) is -0.386. The van der Waals surface area contributed by atoms with Crippen LogP contribution in [0.2, 0.25) is 0 Å². The lowest BCUT2D eigenvalue weighted by molar-refractivity contribution is -0.138. The first-order chi connectivity index (χ1) is 15.1. The number of alkyl halides is 6. The zero-order valence-electron chi connectivity index (χ0n) is 16.4. The minimum Gasteiger partial charge on any atom is -0.355 e. The maximum Gasteiger partial charge on any atom is 0.419 e. The number of nitrogens with zero attached hydrogens (tertiary/aromatic N) is 5. The Labute approximate surface area is 178 Å². The van der Waals surface area contributed by atoms with Crippen molar-refractivity contribution >= 4 is 17.5 Å². The minimum absolute atomic E-state index is 0.153. The third-order valence-electron chi connectivity index (χ3n) is 5.01. The molecule has 168 valence electrons. The normalized spacial score (nSPS) is 14.6. The summed E-state index contributed by atoms with van der Waals surface area (Å²) in [6, 6.07) is 4.31. The van der Waals surface area contributed by atoms with E-state index >= 15 is 0 Å². The number of aromatic nitrogens is 4. The van der Waals surface area contributed by atoms with Crippen LogP contribution in [0.15, 0.2) is 43.0 Å². The summed E-state index contributed by atoms with van der Waals surface area (Å²) in [5, 5.41) is 2.89. The Bertz CT molecular complexity index is 1100. The SMILES string of the molecule is FC(F)(F)c1ccc(Nc2ncnc3c2CCN(c2ncccc2C(F)(F)F)CC3)nc1. The van der Waals surface area contributed by atoms with Gasteiger partial charge in [-0.05, 0) is 30.7 Å². The molecule has 4 heterocycles. The molecule has 32 heavy (non-hydrogen) atoms. The highest BCUT2D eigenvalue weighted by molar-refractivity contribution is 5.58. The van der Waals surface area contributed by atoms with Crippen molar-refractivity contribution in [2.45, 2.75) is 25.2 Å². The molecule has 6 nitrogen and oxygen atoms in total. The number of nitrogens with one attached hydrogen (secondary N) is 1. The molecule has 0 bridgehead atoms. The van der Waals surface area contributed by atoms with Crippen LogP contribution in [-0.2, 0) is 25.2 Å². The third-order valence-corrected chi connectivity index (χ3v) is 5.01. The fraction of sp³-hybridized carbons (Fsp3) is 0.300. The van der Waals surface area contributed by atoms with Gasteiger partial charge in [0, 0.05) is 37.5 Å². The second-order valence-corrected chi connectivity index (χ2v) is 7.06. The van der Waals surface area contributed by atoms with Crippen LogP contribution in [0.1, 0.15) is 22.4 Å². The largest absolute Gasteiger partial charge is 0.419 e. The molecule has 1 aliphatic rings. The minimum atomic E-state index is -4.54. The molecular weight excluding hydrogens is 438 g/mol. The average molecular weight is 454 g/mol. The van der Waals surface area contributed by atoms with Crippen LogP contribution in [0.5, 0.6) is 0 Å². The van der Waals surface area contributed by atoms with Crippen molar-refractivity contribution in [2.75, 3.05) is 23.3 Å². The van der Waals surface area contributed by atoms with E-state index in [9.17, 15) is 26.3 Å². The second kappa shape index (κ2) is 8.24. The van der Waals surface area contributed by atoms with Crippen LogP contribution >= 0.6 is 0 Å². The van der Waals surface area contributed by atoms with Crippen molar-refractivity contribution in [3.05, 3.63) is 65.4 Å². The Kier molecular flexibility index (Phi) is 5.61. The van der Waals surface area contributed by atoms with Crippen LogP contribution in [0.4, 0.5) is 43.8 Å². The summed E-state index contributed by atoms with van der Waals surface area (Å²) in [4.78, 5) is 17.7. The standard InChI is InChI=1S/C20H16F6N6/c21-19(22,23)12-3-4-16(28-10-12)31-17-13-5-8-32(9-6-15(13)29-11-30-17)18-14(20(24,25)26)2-1-7-27-18/h1-4,7,10-11H,5-6,8-9H2,(H,28,29,30,31). The number of anilines is 3. The molecule has 4 rings (SSSR count). The number of pyridine rings is 2. The lowest BCUT2D eigenvalue weighted by Gasteiger charge is -2.24. The van der Waals surface area contributed by atoms with Gasteiger partial charge in [0.2, 0.25) is 0 Å². The van der Waals surface area contributed by atoms with Gasteiger partial charge in [0.25, 0.3) is 0 Å². The molecule has 0 amide bonds. The van der Waals surface area contributed by atoms with E-state index in [0.29, 0.717) is 36.1 Å². The Morgan fingerprint density at radius 3 is 2.31 bits per heavy atom. The molecule has 0 aliphatic carbocycles. The Balaban J connectivity index is 1.57. The van der Waals surface area contributed by atoms with Crippen LogP contribution in [-0.4, -0.2) is 33.0 Å². The molecule has 3 aromatic heterocycles. The van der Waals surface area contributed by atoms with Crippen molar-refractivity contribution in [1.29, 1.82) is 0 Å².